The third-order valence-electron chi connectivity index (χ3n) is 5.05. The molecule has 0 saturated carbocycles. The number of halogens is 3. The maximum absolute atomic E-state index is 14.2. The van der Waals surface area contributed by atoms with E-state index >= 15 is 0 Å². The Labute approximate surface area is 175 Å². The Morgan fingerprint density at radius 2 is 2.10 bits per heavy atom. The van der Waals surface area contributed by atoms with Gasteiger partial charge in [0.2, 0.25) is 11.7 Å². The minimum atomic E-state index is -4.52. The molecule has 7 nitrogen and oxygen atoms in total. The summed E-state index contributed by atoms with van der Waals surface area (Å²) >= 11 is 1.52. The maximum Gasteiger partial charge on any atom is 0.404 e. The van der Waals surface area contributed by atoms with Gasteiger partial charge in [-0.25, -0.2) is 4.98 Å². The molecular weight excluding hydrogens is 417 g/mol. The van der Waals surface area contributed by atoms with Crippen LogP contribution in [0.5, 0.6) is 0 Å². The van der Waals surface area contributed by atoms with Gasteiger partial charge in [-0.1, -0.05) is 11.2 Å². The third kappa shape index (κ3) is 4.09. The van der Waals surface area contributed by atoms with E-state index in [2.05, 4.69) is 20.1 Å². The molecule has 0 aromatic carbocycles. The summed E-state index contributed by atoms with van der Waals surface area (Å²) in [7, 11) is 3.92. The summed E-state index contributed by atoms with van der Waals surface area (Å²) in [4.78, 5) is 17.4. The minimum absolute atomic E-state index is 0.0564. The smallest absolute Gasteiger partial charge is 0.338 e. The summed E-state index contributed by atoms with van der Waals surface area (Å²) in [6.07, 6.45) is -1.35. The summed E-state index contributed by atoms with van der Waals surface area (Å²) in [5.74, 6) is -0.355. The van der Waals surface area contributed by atoms with Crippen molar-refractivity contribution >= 4 is 11.3 Å². The van der Waals surface area contributed by atoms with E-state index in [-0.39, 0.29) is 25.3 Å². The molecule has 1 saturated heterocycles. The molecule has 4 heterocycles. The molecule has 3 aromatic heterocycles. The van der Waals surface area contributed by atoms with E-state index in [0.717, 1.165) is 16.4 Å². The van der Waals surface area contributed by atoms with E-state index in [0.29, 0.717) is 12.2 Å². The van der Waals surface area contributed by atoms with E-state index in [4.69, 9.17) is 4.52 Å². The van der Waals surface area contributed by atoms with Gasteiger partial charge < -0.3 is 9.42 Å². The molecule has 1 aliphatic rings. The van der Waals surface area contributed by atoms with Crippen molar-refractivity contribution in [3.05, 3.63) is 46.4 Å². The number of nitrogens with zero attached hydrogens (tertiary/aromatic N) is 6. The van der Waals surface area contributed by atoms with Crippen molar-refractivity contribution in [1.82, 2.24) is 29.9 Å². The van der Waals surface area contributed by atoms with Gasteiger partial charge >= 0.3 is 6.18 Å². The minimum Gasteiger partial charge on any atom is -0.338 e. The van der Waals surface area contributed by atoms with E-state index in [9.17, 15) is 13.2 Å². The average molecular weight is 438 g/mol. The molecule has 160 valence electrons. The summed E-state index contributed by atoms with van der Waals surface area (Å²) in [6.45, 7) is 1.13. The first-order chi connectivity index (χ1) is 14.3. The topological polar surface area (TPSA) is 71.2 Å². The molecule has 30 heavy (non-hydrogen) atoms. The van der Waals surface area contributed by atoms with Gasteiger partial charge in [0.15, 0.2) is 5.41 Å². The lowest BCUT2D eigenvalue weighted by Gasteiger charge is -2.27. The number of likely N-dealkylation sites (tertiary alicyclic amines) is 1. The largest absolute Gasteiger partial charge is 0.404 e. The SMILES string of the molecule is CN(C)Cc1cnc(CN2CCC(c3nc(-c4ccccn4)no3)(C(F)(F)F)C2)s1. The Bertz CT molecular complexity index is 990. The van der Waals surface area contributed by atoms with Crippen LogP contribution in [0.25, 0.3) is 11.5 Å². The highest BCUT2D eigenvalue weighted by molar-refractivity contribution is 7.11. The lowest BCUT2D eigenvalue weighted by molar-refractivity contribution is -0.193. The number of aromatic nitrogens is 4. The summed E-state index contributed by atoms with van der Waals surface area (Å²) in [5, 5.41) is 4.54. The van der Waals surface area contributed by atoms with Crippen molar-refractivity contribution < 1.29 is 17.7 Å². The normalized spacial score (nSPS) is 20.3. The lowest BCUT2D eigenvalue weighted by Crippen LogP contribution is -2.45. The highest BCUT2D eigenvalue weighted by Gasteiger charge is 2.62. The fourth-order valence-electron chi connectivity index (χ4n) is 3.57. The molecule has 0 spiro atoms. The fourth-order valence-corrected chi connectivity index (χ4v) is 4.65. The van der Waals surface area contributed by atoms with Crippen LogP contribution in [0.15, 0.2) is 35.1 Å². The Hall–Kier alpha value is -2.37. The summed E-state index contributed by atoms with van der Waals surface area (Å²) in [6, 6.07) is 5.05. The molecule has 1 unspecified atom stereocenters. The Morgan fingerprint density at radius 1 is 1.27 bits per heavy atom. The van der Waals surface area contributed by atoms with Crippen LogP contribution in [0.1, 0.15) is 22.2 Å². The fraction of sp³-hybridized carbons (Fsp3) is 0.474. The number of thiazole rings is 1. The second kappa shape index (κ2) is 8.05. The molecule has 0 amide bonds. The van der Waals surface area contributed by atoms with E-state index in [1.807, 2.05) is 19.0 Å². The predicted octanol–water partition coefficient (Wildman–Crippen LogP) is 3.36. The van der Waals surface area contributed by atoms with Gasteiger partial charge in [0.25, 0.3) is 0 Å². The molecule has 0 aliphatic carbocycles. The molecule has 0 bridgehead atoms. The first-order valence-electron chi connectivity index (χ1n) is 9.40. The second-order valence-electron chi connectivity index (χ2n) is 7.64. The van der Waals surface area contributed by atoms with Gasteiger partial charge in [0.05, 0.1) is 6.54 Å². The Morgan fingerprint density at radius 3 is 2.80 bits per heavy atom. The van der Waals surface area contributed by atoms with Crippen LogP contribution < -0.4 is 0 Å². The van der Waals surface area contributed by atoms with Gasteiger partial charge in [-0.15, -0.1) is 11.3 Å². The zero-order valence-electron chi connectivity index (χ0n) is 16.6. The highest BCUT2D eigenvalue weighted by atomic mass is 32.1. The molecule has 0 radical (unpaired) electrons. The zero-order valence-corrected chi connectivity index (χ0v) is 17.4. The van der Waals surface area contributed by atoms with Gasteiger partial charge in [0, 0.05) is 36.9 Å². The Balaban J connectivity index is 1.54. The van der Waals surface area contributed by atoms with Gasteiger partial charge in [-0.05, 0) is 32.6 Å². The third-order valence-corrected chi connectivity index (χ3v) is 6.02. The predicted molar refractivity (Wildman–Crippen MR) is 105 cm³/mol. The van der Waals surface area contributed by atoms with E-state index in [1.54, 1.807) is 29.3 Å². The summed E-state index contributed by atoms with van der Waals surface area (Å²) in [5.41, 5.74) is -1.83. The van der Waals surface area contributed by atoms with Crippen LogP contribution in [-0.2, 0) is 18.5 Å². The van der Waals surface area contributed by atoms with Crippen molar-refractivity contribution in [3.63, 3.8) is 0 Å². The number of rotatable bonds is 6. The van der Waals surface area contributed by atoms with Crippen LogP contribution in [0.2, 0.25) is 0 Å². The highest BCUT2D eigenvalue weighted by Crippen LogP contribution is 2.47. The monoisotopic (exact) mass is 438 g/mol. The molecule has 4 rings (SSSR count). The molecule has 1 aliphatic heterocycles. The molecule has 0 N–H and O–H groups in total. The second-order valence-corrected chi connectivity index (χ2v) is 8.84. The van der Waals surface area contributed by atoms with Gasteiger partial charge in [0.1, 0.15) is 10.7 Å². The van der Waals surface area contributed by atoms with E-state index < -0.39 is 17.5 Å². The first kappa shape index (κ1) is 20.9. The molecule has 11 heteroatoms. The maximum atomic E-state index is 14.2. The molecule has 1 fully saturated rings. The first-order valence-corrected chi connectivity index (χ1v) is 10.2. The van der Waals surface area contributed by atoms with Crippen molar-refractivity contribution in [1.29, 1.82) is 0 Å². The standard InChI is InChI=1S/C19H21F3N6OS/c1-27(2)10-13-9-24-15(30-13)11-28-8-6-18(12-28,19(20,21)22)17-25-16(26-29-17)14-5-3-4-7-23-14/h3-5,7,9H,6,8,10-12H2,1-2H3. The zero-order chi connectivity index (χ0) is 21.4. The molecule has 1 atom stereocenters. The van der Waals surface area contributed by atoms with Crippen LogP contribution >= 0.6 is 11.3 Å². The van der Waals surface area contributed by atoms with Gasteiger partial charge in [-0.2, -0.15) is 18.2 Å². The number of pyridine rings is 1. The van der Waals surface area contributed by atoms with Crippen LogP contribution in [-0.4, -0.2) is 63.3 Å². The van der Waals surface area contributed by atoms with Crippen molar-refractivity contribution in [2.45, 2.75) is 31.1 Å². The van der Waals surface area contributed by atoms with Crippen LogP contribution in [0, 0.1) is 0 Å². The molecular formula is C19H21F3N6OS. The van der Waals surface area contributed by atoms with Crippen molar-refractivity contribution in [2.24, 2.45) is 0 Å². The number of hydrogen-bond acceptors (Lipinski definition) is 8. The lowest BCUT2D eigenvalue weighted by atomic mass is 9.86. The molecule has 3 aromatic rings. The quantitative estimate of drug-likeness (QED) is 0.584. The van der Waals surface area contributed by atoms with E-state index in [1.165, 1.54) is 17.5 Å². The number of alkyl halides is 3. The van der Waals surface area contributed by atoms with Crippen molar-refractivity contribution in [2.75, 3.05) is 27.2 Å². The summed E-state index contributed by atoms with van der Waals surface area (Å²) < 4.78 is 47.7. The van der Waals surface area contributed by atoms with Gasteiger partial charge in [-0.3, -0.25) is 9.88 Å². The van der Waals surface area contributed by atoms with Crippen molar-refractivity contribution in [3.8, 4) is 11.5 Å². The number of hydrogen-bond donors (Lipinski definition) is 0. The van der Waals surface area contributed by atoms with Crippen LogP contribution in [0.3, 0.4) is 0 Å². The van der Waals surface area contributed by atoms with Crippen LogP contribution in [0.4, 0.5) is 13.2 Å². The Kier molecular flexibility index (Phi) is 5.60. The average Bonchev–Trinajstić information content (AvgIpc) is 3.42.